The molecule has 0 N–H and O–H groups in total. The zero-order chi connectivity index (χ0) is 22.2. The molecule has 32 heavy (non-hydrogen) atoms. The average molecular weight is 491 g/mol. The minimum atomic E-state index is -0.838. The Morgan fingerprint density at radius 2 is 1.38 bits per heavy atom. The van der Waals surface area contributed by atoms with Crippen LogP contribution >= 0.6 is 15.9 Å². The van der Waals surface area contributed by atoms with Gasteiger partial charge in [-0.2, -0.15) is 0 Å². The van der Waals surface area contributed by atoms with E-state index in [9.17, 15) is 4.79 Å². The first-order valence-corrected chi connectivity index (χ1v) is 12.5. The summed E-state index contributed by atoms with van der Waals surface area (Å²) in [6.07, 6.45) is 10.6. The molecule has 1 aliphatic rings. The summed E-state index contributed by atoms with van der Waals surface area (Å²) in [4.78, 5) is 12.0. The van der Waals surface area contributed by atoms with E-state index < -0.39 is 5.60 Å². The fraction of sp³-hybridized carbons (Fsp3) is 0.345. The van der Waals surface area contributed by atoms with E-state index in [1.807, 2.05) is 30.3 Å². The number of epoxide rings is 1. The molecule has 1 aliphatic heterocycles. The number of carbonyl (C=O) groups excluding carboxylic acids is 1. The minimum absolute atomic E-state index is 0.185. The van der Waals surface area contributed by atoms with Crippen LogP contribution in [0.5, 0.6) is 0 Å². The molecule has 0 unspecified atom stereocenters. The van der Waals surface area contributed by atoms with Gasteiger partial charge in [0, 0.05) is 4.47 Å². The maximum Gasteiger partial charge on any atom is 0.179 e. The molecule has 0 aromatic heterocycles. The van der Waals surface area contributed by atoms with Gasteiger partial charge in [-0.3, -0.25) is 4.79 Å². The summed E-state index contributed by atoms with van der Waals surface area (Å²) in [7, 11) is 0. The molecule has 0 bridgehead atoms. The van der Waals surface area contributed by atoms with Gasteiger partial charge < -0.3 is 4.74 Å². The van der Waals surface area contributed by atoms with Gasteiger partial charge in [-0.1, -0.05) is 108 Å². The van der Waals surface area contributed by atoms with Gasteiger partial charge in [0.25, 0.3) is 0 Å². The van der Waals surface area contributed by atoms with Gasteiger partial charge in [0.15, 0.2) is 11.9 Å². The van der Waals surface area contributed by atoms with Crippen molar-refractivity contribution in [2.45, 2.75) is 63.1 Å². The molecular formula is C29H31BrO2. The van der Waals surface area contributed by atoms with E-state index >= 15 is 0 Å². The van der Waals surface area contributed by atoms with Crippen LogP contribution in [0.2, 0.25) is 0 Å². The molecule has 3 heteroatoms. The first-order valence-electron chi connectivity index (χ1n) is 11.7. The van der Waals surface area contributed by atoms with Crippen molar-refractivity contribution in [3.63, 3.8) is 0 Å². The number of aryl methyl sites for hydroxylation is 2. The summed E-state index contributed by atoms with van der Waals surface area (Å²) < 4.78 is 7.03. The molecule has 1 saturated heterocycles. The largest absolute Gasteiger partial charge is 0.348 e. The second-order valence-corrected chi connectivity index (χ2v) is 9.64. The molecule has 1 heterocycles. The fourth-order valence-electron chi connectivity index (χ4n) is 4.56. The van der Waals surface area contributed by atoms with Gasteiger partial charge in [0.1, 0.15) is 6.10 Å². The third-order valence-electron chi connectivity index (χ3n) is 6.46. The third kappa shape index (κ3) is 5.57. The maximum absolute atomic E-state index is 12.0. The highest BCUT2D eigenvalue weighted by atomic mass is 79.9. The molecule has 0 amide bonds. The average Bonchev–Trinajstić information content (AvgIpc) is 3.58. The van der Waals surface area contributed by atoms with Gasteiger partial charge in [-0.25, -0.2) is 0 Å². The SMILES string of the molecule is O=C[C@]1(c2ccc(Br)cc2)O[C@H]1c1ccccc1CCCCCCCCc1ccccc1. The molecule has 1 fully saturated rings. The number of unbranched alkanes of at least 4 members (excludes halogenated alkanes) is 5. The highest BCUT2D eigenvalue weighted by Gasteiger charge is 2.59. The molecule has 0 aliphatic carbocycles. The summed E-state index contributed by atoms with van der Waals surface area (Å²) in [5.41, 5.74) is 4.00. The van der Waals surface area contributed by atoms with Crippen LogP contribution in [0.15, 0.2) is 83.3 Å². The van der Waals surface area contributed by atoms with Crippen molar-refractivity contribution < 1.29 is 9.53 Å². The number of carbonyl (C=O) groups is 1. The molecule has 0 spiro atoms. The zero-order valence-electron chi connectivity index (χ0n) is 18.5. The van der Waals surface area contributed by atoms with Crippen molar-refractivity contribution >= 4 is 22.2 Å². The van der Waals surface area contributed by atoms with Crippen LogP contribution in [-0.4, -0.2) is 6.29 Å². The second kappa shape index (κ2) is 11.1. The van der Waals surface area contributed by atoms with Gasteiger partial charge in [-0.15, -0.1) is 0 Å². The van der Waals surface area contributed by atoms with E-state index in [-0.39, 0.29) is 6.10 Å². The molecule has 4 rings (SSSR count). The van der Waals surface area contributed by atoms with E-state index in [0.29, 0.717) is 0 Å². The summed E-state index contributed by atoms with van der Waals surface area (Å²) >= 11 is 3.46. The number of halogens is 1. The van der Waals surface area contributed by atoms with E-state index in [0.717, 1.165) is 28.3 Å². The third-order valence-corrected chi connectivity index (χ3v) is 6.99. The quantitative estimate of drug-likeness (QED) is 0.147. The van der Waals surface area contributed by atoms with Crippen LogP contribution in [0.3, 0.4) is 0 Å². The Labute approximate surface area is 200 Å². The lowest BCUT2D eigenvalue weighted by molar-refractivity contribution is -0.112. The van der Waals surface area contributed by atoms with Crippen molar-refractivity contribution in [1.29, 1.82) is 0 Å². The van der Waals surface area contributed by atoms with Gasteiger partial charge in [0.2, 0.25) is 0 Å². The normalized spacial score (nSPS) is 19.6. The van der Waals surface area contributed by atoms with Crippen LogP contribution in [0.4, 0.5) is 0 Å². The van der Waals surface area contributed by atoms with Crippen molar-refractivity contribution in [2.24, 2.45) is 0 Å². The lowest BCUT2D eigenvalue weighted by Gasteiger charge is -2.10. The summed E-state index contributed by atoms with van der Waals surface area (Å²) in [5.74, 6) is 0. The number of benzene rings is 3. The van der Waals surface area contributed by atoms with Crippen molar-refractivity contribution in [3.8, 4) is 0 Å². The molecule has 0 radical (unpaired) electrons. The molecular weight excluding hydrogens is 460 g/mol. The Balaban J connectivity index is 1.24. The summed E-state index contributed by atoms with van der Waals surface area (Å²) in [6, 6.07) is 27.1. The van der Waals surface area contributed by atoms with E-state index in [4.69, 9.17) is 4.74 Å². The summed E-state index contributed by atoms with van der Waals surface area (Å²) in [6.45, 7) is 0. The monoisotopic (exact) mass is 490 g/mol. The lowest BCUT2D eigenvalue weighted by atomic mass is 9.89. The van der Waals surface area contributed by atoms with Crippen LogP contribution in [0, 0.1) is 0 Å². The zero-order valence-corrected chi connectivity index (χ0v) is 20.1. The van der Waals surface area contributed by atoms with Crippen LogP contribution in [-0.2, 0) is 28.0 Å². The predicted octanol–water partition coefficient (Wildman–Crippen LogP) is 7.74. The standard InChI is InChI=1S/C29H31BrO2/c30-26-20-18-25(19-21-26)29(22-31)28(32-29)27-17-11-10-16-24(27)15-9-4-2-1-3-6-12-23-13-7-5-8-14-23/h5,7-8,10-11,13-14,16-22,28H,1-4,6,9,12,15H2/t28-,29+/m0/s1. The number of ether oxygens (including phenoxy) is 1. The van der Waals surface area contributed by atoms with Crippen molar-refractivity contribution in [3.05, 3.63) is 106 Å². The van der Waals surface area contributed by atoms with E-state index in [2.05, 4.69) is 64.5 Å². The predicted molar refractivity (Wildman–Crippen MR) is 134 cm³/mol. The van der Waals surface area contributed by atoms with Gasteiger partial charge in [0.05, 0.1) is 0 Å². The highest BCUT2D eigenvalue weighted by Crippen LogP contribution is 2.56. The topological polar surface area (TPSA) is 29.6 Å². The number of rotatable bonds is 12. The highest BCUT2D eigenvalue weighted by molar-refractivity contribution is 9.10. The fourth-order valence-corrected chi connectivity index (χ4v) is 4.82. The van der Waals surface area contributed by atoms with Crippen molar-refractivity contribution in [1.82, 2.24) is 0 Å². The molecule has 166 valence electrons. The molecule has 3 aromatic rings. The Hall–Kier alpha value is -2.23. The molecule has 2 atom stereocenters. The number of hydrogen-bond donors (Lipinski definition) is 0. The first-order chi connectivity index (χ1) is 15.7. The number of hydrogen-bond acceptors (Lipinski definition) is 2. The minimum Gasteiger partial charge on any atom is -0.348 e. The van der Waals surface area contributed by atoms with Crippen LogP contribution in [0.1, 0.15) is 66.9 Å². The molecule has 3 aromatic carbocycles. The van der Waals surface area contributed by atoms with Gasteiger partial charge >= 0.3 is 0 Å². The lowest BCUT2D eigenvalue weighted by Crippen LogP contribution is -2.12. The van der Waals surface area contributed by atoms with Crippen molar-refractivity contribution in [2.75, 3.05) is 0 Å². The van der Waals surface area contributed by atoms with E-state index in [1.54, 1.807) is 0 Å². The smallest absolute Gasteiger partial charge is 0.179 e. The number of aldehydes is 1. The van der Waals surface area contributed by atoms with E-state index in [1.165, 1.54) is 56.1 Å². The Kier molecular flexibility index (Phi) is 7.94. The molecule has 2 nitrogen and oxygen atoms in total. The Morgan fingerprint density at radius 3 is 2.09 bits per heavy atom. The second-order valence-electron chi connectivity index (χ2n) is 8.72. The van der Waals surface area contributed by atoms with Crippen LogP contribution < -0.4 is 0 Å². The first kappa shape index (κ1) is 22.9. The Bertz CT molecular complexity index is 999. The van der Waals surface area contributed by atoms with Gasteiger partial charge in [-0.05, 0) is 60.1 Å². The summed E-state index contributed by atoms with van der Waals surface area (Å²) in [5, 5.41) is 0. The maximum atomic E-state index is 12.0. The molecule has 0 saturated carbocycles. The Morgan fingerprint density at radius 1 is 0.750 bits per heavy atom. The van der Waals surface area contributed by atoms with Crippen LogP contribution in [0.25, 0.3) is 0 Å².